The van der Waals surface area contributed by atoms with E-state index in [4.69, 9.17) is 4.74 Å². The summed E-state index contributed by atoms with van der Waals surface area (Å²) in [6.45, 7) is 5.46. The third-order valence-electron chi connectivity index (χ3n) is 5.93. The molecule has 0 bridgehead atoms. The fourth-order valence-electron chi connectivity index (χ4n) is 4.24. The van der Waals surface area contributed by atoms with Crippen LogP contribution in [0.2, 0.25) is 0 Å². The summed E-state index contributed by atoms with van der Waals surface area (Å²) in [6.07, 6.45) is -0.266. The summed E-state index contributed by atoms with van der Waals surface area (Å²) >= 11 is 1.17. The molecule has 0 radical (unpaired) electrons. The zero-order valence-electron chi connectivity index (χ0n) is 20.3. The van der Waals surface area contributed by atoms with E-state index in [0.29, 0.717) is 5.56 Å². The van der Waals surface area contributed by atoms with Crippen LogP contribution in [0, 0.1) is 24.0 Å². The number of carbonyl (C=O) groups excluding carboxylic acids is 4. The molecule has 1 aliphatic rings. The molecule has 1 N–H and O–H groups in total. The Morgan fingerprint density at radius 3 is 2.51 bits per heavy atom. The molecule has 2 aromatic carbocycles. The molecule has 0 saturated carbocycles. The fourth-order valence-corrected chi connectivity index (χ4v) is 5.21. The van der Waals surface area contributed by atoms with E-state index in [9.17, 15) is 29.3 Å². The molecule has 0 atom stereocenters. The van der Waals surface area contributed by atoms with Gasteiger partial charge >= 0.3 is 5.97 Å². The van der Waals surface area contributed by atoms with Gasteiger partial charge in [0.25, 0.3) is 17.5 Å². The van der Waals surface area contributed by atoms with Crippen LogP contribution in [0.4, 0.5) is 10.7 Å². The predicted octanol–water partition coefficient (Wildman–Crippen LogP) is 4.74. The molecule has 3 aromatic rings. The Bertz CT molecular complexity index is 1460. The second-order valence-electron chi connectivity index (χ2n) is 8.41. The molecule has 0 unspecified atom stereocenters. The first-order valence-electron chi connectivity index (χ1n) is 11.4. The topological polar surface area (TPSA) is 136 Å². The Labute approximate surface area is 216 Å². The van der Waals surface area contributed by atoms with Crippen molar-refractivity contribution in [1.29, 1.82) is 0 Å². The number of amides is 3. The van der Waals surface area contributed by atoms with Crippen molar-refractivity contribution < 1.29 is 28.8 Å². The number of esters is 1. The SMILES string of the molecule is CCOC(=O)c1c(-c2ccc(C)cc2C)csc1NC(=O)CCN1C(=O)c2cccc([N+](=O)[O-])c2C1=O. The Morgan fingerprint density at radius 1 is 1.08 bits per heavy atom. The minimum atomic E-state index is -0.819. The van der Waals surface area contributed by atoms with Crippen LogP contribution in [-0.4, -0.2) is 46.7 Å². The number of nitro benzene ring substituents is 1. The Kier molecular flexibility index (Phi) is 7.16. The average molecular weight is 522 g/mol. The van der Waals surface area contributed by atoms with Crippen molar-refractivity contribution in [2.75, 3.05) is 18.5 Å². The summed E-state index contributed by atoms with van der Waals surface area (Å²) in [7, 11) is 0. The summed E-state index contributed by atoms with van der Waals surface area (Å²) in [6, 6.07) is 9.66. The molecule has 4 rings (SSSR count). The molecule has 1 aliphatic heterocycles. The summed E-state index contributed by atoms with van der Waals surface area (Å²) in [5.41, 5.74) is 2.91. The van der Waals surface area contributed by atoms with Crippen LogP contribution >= 0.6 is 11.3 Å². The molecule has 1 aromatic heterocycles. The molecule has 0 aliphatic carbocycles. The maximum absolute atomic E-state index is 12.8. The zero-order valence-corrected chi connectivity index (χ0v) is 21.1. The summed E-state index contributed by atoms with van der Waals surface area (Å²) in [4.78, 5) is 62.4. The number of carbonyl (C=O) groups is 4. The minimum Gasteiger partial charge on any atom is -0.462 e. The van der Waals surface area contributed by atoms with Crippen molar-refractivity contribution in [3.05, 3.63) is 79.7 Å². The molecular weight excluding hydrogens is 498 g/mol. The molecule has 10 nitrogen and oxygen atoms in total. The van der Waals surface area contributed by atoms with E-state index in [-0.39, 0.29) is 41.3 Å². The van der Waals surface area contributed by atoms with Crippen molar-refractivity contribution in [2.45, 2.75) is 27.2 Å². The number of hydrogen-bond donors (Lipinski definition) is 1. The van der Waals surface area contributed by atoms with Crippen LogP contribution in [0.3, 0.4) is 0 Å². The summed E-state index contributed by atoms with van der Waals surface area (Å²) in [5.74, 6) is -2.63. The number of nitrogens with zero attached hydrogens (tertiary/aromatic N) is 2. The Hall–Kier alpha value is -4.38. The summed E-state index contributed by atoms with van der Waals surface area (Å²) < 4.78 is 5.23. The van der Waals surface area contributed by atoms with Crippen LogP contribution in [0.5, 0.6) is 0 Å². The van der Waals surface area contributed by atoms with Gasteiger partial charge in [0.05, 0.1) is 17.1 Å². The molecule has 11 heteroatoms. The quantitative estimate of drug-likeness (QED) is 0.196. The first kappa shape index (κ1) is 25.7. The highest BCUT2D eigenvalue weighted by atomic mass is 32.1. The van der Waals surface area contributed by atoms with Gasteiger partial charge < -0.3 is 10.1 Å². The van der Waals surface area contributed by atoms with Crippen LogP contribution < -0.4 is 5.32 Å². The van der Waals surface area contributed by atoms with E-state index in [1.807, 2.05) is 32.0 Å². The van der Waals surface area contributed by atoms with E-state index >= 15 is 0 Å². The van der Waals surface area contributed by atoms with E-state index < -0.39 is 34.3 Å². The van der Waals surface area contributed by atoms with E-state index in [0.717, 1.165) is 27.7 Å². The molecule has 190 valence electrons. The number of hydrogen-bond acceptors (Lipinski definition) is 8. The lowest BCUT2D eigenvalue weighted by atomic mass is 9.97. The second-order valence-corrected chi connectivity index (χ2v) is 9.29. The van der Waals surface area contributed by atoms with E-state index in [1.165, 1.54) is 23.5 Å². The first-order valence-corrected chi connectivity index (χ1v) is 12.3. The molecule has 0 saturated heterocycles. The standard InChI is InChI=1S/C26H23N3O7S/c1-4-36-26(33)22-18(16-9-8-14(2)12-15(16)3)13-37-23(22)27-20(30)10-11-28-24(31)17-6-5-7-19(29(34)35)21(17)25(28)32/h5-9,12-13H,4,10-11H2,1-3H3,(H,27,30). The van der Waals surface area contributed by atoms with Gasteiger partial charge in [-0.1, -0.05) is 29.8 Å². The smallest absolute Gasteiger partial charge is 0.341 e. The highest BCUT2D eigenvalue weighted by Crippen LogP contribution is 2.38. The van der Waals surface area contributed by atoms with Crippen LogP contribution in [0.1, 0.15) is 55.5 Å². The van der Waals surface area contributed by atoms with Crippen LogP contribution in [-0.2, 0) is 9.53 Å². The normalized spacial score (nSPS) is 12.5. The molecule has 0 spiro atoms. The van der Waals surface area contributed by atoms with Crippen molar-refractivity contribution >= 4 is 45.7 Å². The first-order chi connectivity index (χ1) is 17.6. The van der Waals surface area contributed by atoms with Crippen molar-refractivity contribution in [3.63, 3.8) is 0 Å². The third kappa shape index (κ3) is 4.85. The maximum Gasteiger partial charge on any atom is 0.341 e. The number of imide groups is 1. The van der Waals surface area contributed by atoms with Gasteiger partial charge in [0.1, 0.15) is 16.1 Å². The number of aryl methyl sites for hydroxylation is 2. The van der Waals surface area contributed by atoms with E-state index in [2.05, 4.69) is 5.32 Å². The Balaban J connectivity index is 1.54. The highest BCUT2D eigenvalue weighted by Gasteiger charge is 2.40. The predicted molar refractivity (Wildman–Crippen MR) is 137 cm³/mol. The van der Waals surface area contributed by atoms with Gasteiger partial charge in [0.2, 0.25) is 5.91 Å². The Morgan fingerprint density at radius 2 is 1.84 bits per heavy atom. The maximum atomic E-state index is 12.8. The van der Waals surface area contributed by atoms with Crippen LogP contribution in [0.25, 0.3) is 11.1 Å². The van der Waals surface area contributed by atoms with Gasteiger partial charge in [-0.05, 0) is 38.0 Å². The van der Waals surface area contributed by atoms with Gasteiger partial charge in [-0.2, -0.15) is 0 Å². The van der Waals surface area contributed by atoms with Gasteiger partial charge in [-0.3, -0.25) is 29.4 Å². The van der Waals surface area contributed by atoms with Gasteiger partial charge in [0.15, 0.2) is 0 Å². The second kappa shape index (κ2) is 10.3. The minimum absolute atomic E-state index is 0.0689. The van der Waals surface area contributed by atoms with Gasteiger partial charge in [0, 0.05) is 30.0 Å². The lowest BCUT2D eigenvalue weighted by molar-refractivity contribution is -0.385. The monoisotopic (exact) mass is 521 g/mol. The van der Waals surface area contributed by atoms with Crippen LogP contribution in [0.15, 0.2) is 41.8 Å². The number of ether oxygens (including phenoxy) is 1. The third-order valence-corrected chi connectivity index (χ3v) is 6.83. The number of rotatable bonds is 8. The average Bonchev–Trinajstić information content (AvgIpc) is 3.36. The number of fused-ring (bicyclic) bond motifs is 1. The van der Waals surface area contributed by atoms with Crippen molar-refractivity contribution in [2.24, 2.45) is 0 Å². The molecule has 37 heavy (non-hydrogen) atoms. The number of benzene rings is 2. The molecular formula is C26H23N3O7S. The largest absolute Gasteiger partial charge is 0.462 e. The number of nitrogens with one attached hydrogen (secondary N) is 1. The zero-order chi connectivity index (χ0) is 26.9. The lowest BCUT2D eigenvalue weighted by Gasteiger charge is -2.14. The fraction of sp³-hybridized carbons (Fsp3) is 0.231. The number of thiophene rings is 1. The summed E-state index contributed by atoms with van der Waals surface area (Å²) in [5, 5.41) is 16.0. The van der Waals surface area contributed by atoms with Crippen molar-refractivity contribution in [3.8, 4) is 11.1 Å². The number of anilines is 1. The number of nitro groups is 1. The van der Waals surface area contributed by atoms with E-state index in [1.54, 1.807) is 12.3 Å². The van der Waals surface area contributed by atoms with Gasteiger partial charge in [-0.25, -0.2) is 4.79 Å². The molecule has 2 heterocycles. The van der Waals surface area contributed by atoms with Gasteiger partial charge in [-0.15, -0.1) is 11.3 Å². The van der Waals surface area contributed by atoms with Crippen molar-refractivity contribution in [1.82, 2.24) is 4.90 Å². The molecule has 3 amide bonds. The lowest BCUT2D eigenvalue weighted by Crippen LogP contribution is -2.33. The highest BCUT2D eigenvalue weighted by molar-refractivity contribution is 7.15. The molecule has 0 fully saturated rings.